The van der Waals surface area contributed by atoms with Gasteiger partial charge in [0.15, 0.2) is 11.3 Å². The number of hydrogen-bond donors (Lipinski definition) is 3. The van der Waals surface area contributed by atoms with Crippen LogP contribution in [0.5, 0.6) is 11.5 Å². The summed E-state index contributed by atoms with van der Waals surface area (Å²) in [5, 5.41) is 5.49. The maximum Gasteiger partial charge on any atom is 0.199 e. The van der Waals surface area contributed by atoms with Gasteiger partial charge in [0.05, 0.1) is 0 Å². The predicted molar refractivity (Wildman–Crippen MR) is 173 cm³/mol. The van der Waals surface area contributed by atoms with E-state index >= 15 is 0 Å². The molecule has 0 spiro atoms. The lowest BCUT2D eigenvalue weighted by atomic mass is 9.79. The second-order valence-corrected chi connectivity index (χ2v) is 11.1. The fourth-order valence-electron chi connectivity index (χ4n) is 6.26. The van der Waals surface area contributed by atoms with E-state index in [1.54, 1.807) is 0 Å². The van der Waals surface area contributed by atoms with Gasteiger partial charge in [0, 0.05) is 56.6 Å². The molecule has 0 aliphatic carbocycles. The van der Waals surface area contributed by atoms with Crippen LogP contribution in [0.1, 0.15) is 32.6 Å². The molecule has 0 bridgehead atoms. The van der Waals surface area contributed by atoms with E-state index in [0.717, 1.165) is 61.2 Å². The lowest BCUT2D eigenvalue weighted by Gasteiger charge is -2.29. The molecule has 214 valence electrons. The van der Waals surface area contributed by atoms with Crippen LogP contribution in [-0.2, 0) is 18.8 Å². The second-order valence-electron chi connectivity index (χ2n) is 11.1. The van der Waals surface area contributed by atoms with Crippen molar-refractivity contribution >= 4 is 33.3 Å². The molecule has 8 rings (SSSR count). The molecule has 6 heteroatoms. The highest BCUT2D eigenvalue weighted by molar-refractivity contribution is 6.19. The van der Waals surface area contributed by atoms with Crippen molar-refractivity contribution in [3.05, 3.63) is 162 Å². The number of hydrogen-bond acceptors (Lipinski definition) is 4. The highest BCUT2D eigenvalue weighted by Gasteiger charge is 2.50. The van der Waals surface area contributed by atoms with Gasteiger partial charge in [-0.1, -0.05) is 72.8 Å². The van der Waals surface area contributed by atoms with E-state index in [9.17, 15) is 4.79 Å². The number of nitrogens with one attached hydrogen (secondary N) is 3. The summed E-state index contributed by atoms with van der Waals surface area (Å²) in [5.41, 5.74) is 5.95. The molecule has 5 aromatic carbocycles. The molecular formula is C38H29N3O3. The van der Waals surface area contributed by atoms with Gasteiger partial charge < -0.3 is 24.8 Å². The van der Waals surface area contributed by atoms with Crippen molar-refractivity contribution in [3.8, 4) is 11.5 Å². The van der Waals surface area contributed by atoms with Gasteiger partial charge in [-0.15, -0.1) is 0 Å². The first-order chi connectivity index (χ1) is 21.7. The lowest BCUT2D eigenvalue weighted by Crippen LogP contribution is -2.39. The summed E-state index contributed by atoms with van der Waals surface area (Å²) < 4.78 is 12.4. The van der Waals surface area contributed by atoms with Gasteiger partial charge in [-0.2, -0.15) is 0 Å². The molecule has 1 aliphatic rings. The lowest BCUT2D eigenvalue weighted by molar-refractivity contribution is 0.0942. The summed E-state index contributed by atoms with van der Waals surface area (Å²) in [6.45, 7) is 0.905. The Morgan fingerprint density at radius 1 is 0.568 bits per heavy atom. The minimum atomic E-state index is -1.18. The van der Waals surface area contributed by atoms with Crippen LogP contribution in [0, 0.1) is 0 Å². The highest BCUT2D eigenvalue weighted by atomic mass is 16.5. The molecule has 3 heterocycles. The Bertz CT molecular complexity index is 2010. The number of anilines is 1. The quantitative estimate of drug-likeness (QED) is 0.170. The molecule has 0 unspecified atom stereocenters. The van der Waals surface area contributed by atoms with Gasteiger partial charge in [-0.3, -0.25) is 4.79 Å². The van der Waals surface area contributed by atoms with Gasteiger partial charge in [0.1, 0.15) is 24.7 Å². The Morgan fingerprint density at radius 2 is 1.07 bits per heavy atom. The topological polar surface area (TPSA) is 79.1 Å². The van der Waals surface area contributed by atoms with Crippen molar-refractivity contribution in [1.82, 2.24) is 9.97 Å². The molecule has 44 heavy (non-hydrogen) atoms. The summed E-state index contributed by atoms with van der Waals surface area (Å²) >= 11 is 0. The van der Waals surface area contributed by atoms with Crippen molar-refractivity contribution in [2.45, 2.75) is 18.8 Å². The third kappa shape index (κ3) is 4.31. The van der Waals surface area contributed by atoms with E-state index in [1.807, 2.05) is 134 Å². The van der Waals surface area contributed by atoms with Gasteiger partial charge in [0.2, 0.25) is 0 Å². The van der Waals surface area contributed by atoms with E-state index in [-0.39, 0.29) is 5.78 Å². The van der Waals surface area contributed by atoms with Crippen molar-refractivity contribution in [2.75, 3.05) is 5.32 Å². The van der Waals surface area contributed by atoms with E-state index in [1.165, 1.54) is 0 Å². The Morgan fingerprint density at radius 3 is 1.59 bits per heavy atom. The average molecular weight is 576 g/mol. The molecular weight excluding hydrogens is 546 g/mol. The van der Waals surface area contributed by atoms with Crippen LogP contribution < -0.4 is 14.8 Å². The molecule has 0 saturated carbocycles. The fourth-order valence-corrected chi connectivity index (χ4v) is 6.26. The molecule has 3 N–H and O–H groups in total. The first-order valence-electron chi connectivity index (χ1n) is 14.7. The molecule has 0 fully saturated rings. The zero-order valence-corrected chi connectivity index (χ0v) is 23.8. The highest BCUT2D eigenvalue weighted by Crippen LogP contribution is 2.48. The number of ketones is 1. The number of aromatic nitrogens is 2. The molecule has 0 saturated heterocycles. The van der Waals surface area contributed by atoms with Gasteiger partial charge in [-0.25, -0.2) is 0 Å². The van der Waals surface area contributed by atoms with Crippen molar-refractivity contribution < 1.29 is 14.3 Å². The number of benzene rings is 5. The number of ether oxygens (including phenoxy) is 2. The fraction of sp³-hybridized carbons (Fsp3) is 0.0789. The van der Waals surface area contributed by atoms with E-state index < -0.39 is 5.54 Å². The van der Waals surface area contributed by atoms with Gasteiger partial charge in [-0.05, 0) is 59.7 Å². The maximum atomic E-state index is 14.6. The zero-order valence-electron chi connectivity index (χ0n) is 23.8. The Kier molecular flexibility index (Phi) is 6.19. The van der Waals surface area contributed by atoms with Crippen LogP contribution in [-0.4, -0.2) is 15.8 Å². The third-order valence-electron chi connectivity index (χ3n) is 8.45. The number of carbonyl (C=O) groups excluding carboxylic acids is 1. The molecule has 0 amide bonds. The van der Waals surface area contributed by atoms with E-state index in [0.29, 0.717) is 18.8 Å². The number of fused-ring (bicyclic) bond motifs is 3. The summed E-state index contributed by atoms with van der Waals surface area (Å²) in [4.78, 5) is 21.5. The van der Waals surface area contributed by atoms with Crippen LogP contribution in [0.3, 0.4) is 0 Å². The van der Waals surface area contributed by atoms with Crippen LogP contribution in [0.4, 0.5) is 5.69 Å². The summed E-state index contributed by atoms with van der Waals surface area (Å²) in [5.74, 6) is 1.45. The number of para-hydroxylation sites is 1. The number of H-pyrrole nitrogens is 2. The summed E-state index contributed by atoms with van der Waals surface area (Å²) in [7, 11) is 0. The largest absolute Gasteiger partial charge is 0.489 e. The molecule has 0 atom stereocenters. The maximum absolute atomic E-state index is 14.6. The summed E-state index contributed by atoms with van der Waals surface area (Å²) in [6, 6.07) is 39.8. The van der Waals surface area contributed by atoms with Crippen LogP contribution in [0.2, 0.25) is 0 Å². The molecule has 6 nitrogen and oxygen atoms in total. The number of aromatic amines is 2. The number of Topliss-reactive ketones (excluding diaryl/α,β-unsaturated/α-hetero) is 1. The molecule has 7 aromatic rings. The van der Waals surface area contributed by atoms with E-state index in [2.05, 4.69) is 15.3 Å². The standard InChI is InChI=1S/C38H29N3O3/c42-37-29-13-7-8-14-36(29)41-38(37,32-21-39-34-17-15-27(19-30(32)34)43-23-25-9-3-1-4-10-25)33-22-40-35-18-16-28(20-31(33)35)44-24-26-11-5-2-6-12-26/h1-22,39-41H,23-24H2. The van der Waals surface area contributed by atoms with Gasteiger partial charge >= 0.3 is 0 Å². The van der Waals surface area contributed by atoms with Gasteiger partial charge in [0.25, 0.3) is 0 Å². The minimum absolute atomic E-state index is 0.0129. The number of carbonyl (C=O) groups is 1. The molecule has 1 aliphatic heterocycles. The number of rotatable bonds is 8. The molecule has 2 aromatic heterocycles. The SMILES string of the molecule is O=C1c2ccccc2NC1(c1c[nH]c2ccc(OCc3ccccc3)cc12)c1c[nH]c2ccc(OCc3ccccc3)cc12. The van der Waals surface area contributed by atoms with Crippen LogP contribution in [0.25, 0.3) is 21.8 Å². The minimum Gasteiger partial charge on any atom is -0.489 e. The Balaban J connectivity index is 1.24. The van der Waals surface area contributed by atoms with E-state index in [4.69, 9.17) is 9.47 Å². The monoisotopic (exact) mass is 575 g/mol. The van der Waals surface area contributed by atoms with Crippen molar-refractivity contribution in [2.24, 2.45) is 0 Å². The van der Waals surface area contributed by atoms with Crippen LogP contribution in [0.15, 0.2) is 134 Å². The first-order valence-corrected chi connectivity index (χ1v) is 14.7. The van der Waals surface area contributed by atoms with Crippen LogP contribution >= 0.6 is 0 Å². The third-order valence-corrected chi connectivity index (χ3v) is 8.45. The first kappa shape index (κ1) is 25.9. The second kappa shape index (κ2) is 10.5. The zero-order chi connectivity index (χ0) is 29.5. The average Bonchev–Trinajstić information content (AvgIpc) is 3.78. The summed E-state index contributed by atoms with van der Waals surface area (Å²) in [6.07, 6.45) is 3.88. The van der Waals surface area contributed by atoms with Crippen molar-refractivity contribution in [3.63, 3.8) is 0 Å². The Labute approximate surface area is 254 Å². The molecule has 0 radical (unpaired) electrons. The van der Waals surface area contributed by atoms with Crippen molar-refractivity contribution in [1.29, 1.82) is 0 Å². The Hall–Kier alpha value is -5.75. The predicted octanol–water partition coefficient (Wildman–Crippen LogP) is 8.36. The normalized spacial score (nSPS) is 13.6. The smallest absolute Gasteiger partial charge is 0.199 e.